The van der Waals surface area contributed by atoms with Crippen molar-refractivity contribution >= 4 is 12.0 Å². The van der Waals surface area contributed by atoms with E-state index in [1.807, 2.05) is 12.2 Å². The van der Waals surface area contributed by atoms with Crippen LogP contribution < -0.4 is 9.47 Å². The molecule has 0 amide bonds. The highest BCUT2D eigenvalue weighted by atomic mass is 16.5. The smallest absolute Gasteiger partial charge is 0.347 e. The Morgan fingerprint density at radius 1 is 1.08 bits per heavy atom. The Bertz CT molecular complexity index is 717. The quantitative estimate of drug-likeness (QED) is 0.755. The van der Waals surface area contributed by atoms with E-state index in [2.05, 4.69) is 31.2 Å². The van der Waals surface area contributed by atoms with Crippen molar-refractivity contribution in [3.63, 3.8) is 0 Å². The molecule has 0 bridgehead atoms. The monoisotopic (exact) mass is 340 g/mol. The molecule has 2 rings (SSSR count). The van der Waals surface area contributed by atoms with Gasteiger partial charge in [0.05, 0.1) is 0 Å². The third kappa shape index (κ3) is 5.38. The summed E-state index contributed by atoms with van der Waals surface area (Å²) in [6.07, 6.45) is 4.34. The van der Waals surface area contributed by atoms with Crippen molar-refractivity contribution in [3.8, 4) is 11.5 Å². The van der Waals surface area contributed by atoms with Gasteiger partial charge in [-0.3, -0.25) is 0 Å². The second-order valence-corrected chi connectivity index (χ2v) is 6.09. The number of carboxylic acids is 1. The number of carbonyl (C=O) groups is 1. The van der Waals surface area contributed by atoms with Crippen molar-refractivity contribution in [2.75, 3.05) is 6.61 Å². The fraction of sp³-hybridized carbons (Fsp3) is 0.286. The molecule has 0 saturated carbocycles. The van der Waals surface area contributed by atoms with Crippen LogP contribution in [-0.4, -0.2) is 23.3 Å². The zero-order valence-electron chi connectivity index (χ0n) is 14.9. The van der Waals surface area contributed by atoms with E-state index in [-0.39, 0.29) is 0 Å². The van der Waals surface area contributed by atoms with Crippen LogP contribution in [0.5, 0.6) is 11.5 Å². The molecule has 0 saturated heterocycles. The Hall–Kier alpha value is -2.75. The molecule has 132 valence electrons. The standard InChI is InChI=1S/C21H24O4/c1-4-21(3,20(22)23)25-19-13-11-18(12-14-19)24-15-5-6-17-9-7-16(2)8-10-17/h5-14H,4,15H2,1-3H3,(H,22,23)/b6-5+. The van der Waals surface area contributed by atoms with Crippen LogP contribution in [0.1, 0.15) is 31.4 Å². The first-order valence-corrected chi connectivity index (χ1v) is 8.31. The second-order valence-electron chi connectivity index (χ2n) is 6.09. The Morgan fingerprint density at radius 3 is 2.24 bits per heavy atom. The number of ether oxygens (including phenoxy) is 2. The largest absolute Gasteiger partial charge is 0.490 e. The summed E-state index contributed by atoms with van der Waals surface area (Å²) in [6.45, 7) is 5.86. The first-order valence-electron chi connectivity index (χ1n) is 8.31. The average molecular weight is 340 g/mol. The maximum atomic E-state index is 11.3. The van der Waals surface area contributed by atoms with Gasteiger partial charge < -0.3 is 14.6 Å². The number of carboxylic acid groups (broad SMARTS) is 1. The number of rotatable bonds is 8. The molecule has 0 fully saturated rings. The predicted molar refractivity (Wildman–Crippen MR) is 99.1 cm³/mol. The van der Waals surface area contributed by atoms with E-state index >= 15 is 0 Å². The van der Waals surface area contributed by atoms with Gasteiger partial charge in [0.15, 0.2) is 0 Å². The number of hydrogen-bond donors (Lipinski definition) is 1. The van der Waals surface area contributed by atoms with Gasteiger partial charge in [-0.05, 0) is 56.2 Å². The first-order chi connectivity index (χ1) is 11.9. The zero-order chi connectivity index (χ0) is 18.3. The van der Waals surface area contributed by atoms with Gasteiger partial charge in [0.25, 0.3) is 0 Å². The van der Waals surface area contributed by atoms with Gasteiger partial charge in [0, 0.05) is 0 Å². The average Bonchev–Trinajstić information content (AvgIpc) is 2.61. The summed E-state index contributed by atoms with van der Waals surface area (Å²) in [7, 11) is 0. The van der Waals surface area contributed by atoms with E-state index in [0.29, 0.717) is 24.5 Å². The van der Waals surface area contributed by atoms with Crippen LogP contribution in [0, 0.1) is 6.92 Å². The minimum absolute atomic E-state index is 0.379. The van der Waals surface area contributed by atoms with Crippen LogP contribution in [0.3, 0.4) is 0 Å². The molecule has 0 heterocycles. The second kappa shape index (κ2) is 8.38. The molecule has 0 aromatic heterocycles. The highest BCUT2D eigenvalue weighted by Crippen LogP contribution is 2.24. The minimum atomic E-state index is -1.22. The van der Waals surface area contributed by atoms with Gasteiger partial charge in [-0.15, -0.1) is 0 Å². The number of hydrogen-bond acceptors (Lipinski definition) is 3. The van der Waals surface area contributed by atoms with Gasteiger partial charge in [-0.1, -0.05) is 42.8 Å². The first kappa shape index (κ1) is 18.6. The topological polar surface area (TPSA) is 55.8 Å². The summed E-state index contributed by atoms with van der Waals surface area (Å²) in [6, 6.07) is 15.2. The fourth-order valence-corrected chi connectivity index (χ4v) is 2.14. The molecule has 0 spiro atoms. The van der Waals surface area contributed by atoms with E-state index in [4.69, 9.17) is 9.47 Å². The van der Waals surface area contributed by atoms with Crippen molar-refractivity contribution in [1.29, 1.82) is 0 Å². The van der Waals surface area contributed by atoms with E-state index in [1.165, 1.54) is 5.56 Å². The maximum Gasteiger partial charge on any atom is 0.347 e. The van der Waals surface area contributed by atoms with Gasteiger partial charge >= 0.3 is 5.97 Å². The molecule has 4 nitrogen and oxygen atoms in total. The molecular weight excluding hydrogens is 316 g/mol. The molecule has 1 N–H and O–H groups in total. The Kier molecular flexibility index (Phi) is 6.23. The van der Waals surface area contributed by atoms with Crippen molar-refractivity contribution in [3.05, 3.63) is 65.7 Å². The highest BCUT2D eigenvalue weighted by Gasteiger charge is 2.33. The van der Waals surface area contributed by atoms with E-state index in [1.54, 1.807) is 38.1 Å². The van der Waals surface area contributed by atoms with Crippen LogP contribution in [-0.2, 0) is 4.79 Å². The number of aliphatic carboxylic acids is 1. The maximum absolute atomic E-state index is 11.3. The third-order valence-corrected chi connectivity index (χ3v) is 4.03. The van der Waals surface area contributed by atoms with Gasteiger partial charge in [-0.2, -0.15) is 0 Å². The van der Waals surface area contributed by atoms with E-state index in [0.717, 1.165) is 5.56 Å². The molecular formula is C21H24O4. The predicted octanol–water partition coefficient (Wildman–Crippen LogP) is 4.72. The fourth-order valence-electron chi connectivity index (χ4n) is 2.14. The molecule has 1 atom stereocenters. The molecule has 2 aromatic rings. The van der Waals surface area contributed by atoms with Crippen LogP contribution in [0.4, 0.5) is 0 Å². The Morgan fingerprint density at radius 2 is 1.68 bits per heavy atom. The molecule has 25 heavy (non-hydrogen) atoms. The van der Waals surface area contributed by atoms with Crippen LogP contribution in [0.2, 0.25) is 0 Å². The lowest BCUT2D eigenvalue weighted by Crippen LogP contribution is -2.40. The van der Waals surface area contributed by atoms with Crippen molar-refractivity contribution in [2.45, 2.75) is 32.8 Å². The van der Waals surface area contributed by atoms with Crippen molar-refractivity contribution < 1.29 is 19.4 Å². The SMILES string of the molecule is CCC(C)(Oc1ccc(OC/C=C/c2ccc(C)cc2)cc1)C(=O)O. The molecule has 2 aromatic carbocycles. The molecule has 0 aliphatic carbocycles. The summed E-state index contributed by atoms with van der Waals surface area (Å²) in [5.74, 6) is 0.236. The minimum Gasteiger partial charge on any atom is -0.490 e. The summed E-state index contributed by atoms with van der Waals surface area (Å²) in [5, 5.41) is 9.24. The summed E-state index contributed by atoms with van der Waals surface area (Å²) in [4.78, 5) is 11.3. The zero-order valence-corrected chi connectivity index (χ0v) is 14.9. The lowest BCUT2D eigenvalue weighted by Gasteiger charge is -2.24. The van der Waals surface area contributed by atoms with Gasteiger partial charge in [0.1, 0.15) is 18.1 Å². The highest BCUT2D eigenvalue weighted by molar-refractivity contribution is 5.77. The lowest BCUT2D eigenvalue weighted by atomic mass is 10.0. The summed E-state index contributed by atoms with van der Waals surface area (Å²) < 4.78 is 11.2. The normalized spacial score (nSPS) is 13.4. The van der Waals surface area contributed by atoms with Crippen molar-refractivity contribution in [2.24, 2.45) is 0 Å². The Labute approximate surface area is 148 Å². The summed E-state index contributed by atoms with van der Waals surface area (Å²) in [5.41, 5.74) is 1.14. The van der Waals surface area contributed by atoms with Gasteiger partial charge in [-0.25, -0.2) is 4.79 Å². The number of aryl methyl sites for hydroxylation is 1. The third-order valence-electron chi connectivity index (χ3n) is 4.03. The van der Waals surface area contributed by atoms with E-state index in [9.17, 15) is 9.90 Å². The van der Waals surface area contributed by atoms with Gasteiger partial charge in [0.2, 0.25) is 5.60 Å². The Balaban J connectivity index is 1.88. The van der Waals surface area contributed by atoms with E-state index < -0.39 is 11.6 Å². The van der Waals surface area contributed by atoms with Crippen LogP contribution >= 0.6 is 0 Å². The molecule has 1 unspecified atom stereocenters. The van der Waals surface area contributed by atoms with Crippen molar-refractivity contribution in [1.82, 2.24) is 0 Å². The summed E-state index contributed by atoms with van der Waals surface area (Å²) >= 11 is 0. The lowest BCUT2D eigenvalue weighted by molar-refractivity contribution is -0.154. The molecule has 0 aliphatic rings. The number of benzene rings is 2. The van der Waals surface area contributed by atoms with Crippen LogP contribution in [0.25, 0.3) is 6.08 Å². The van der Waals surface area contributed by atoms with Crippen LogP contribution in [0.15, 0.2) is 54.6 Å². The molecule has 0 aliphatic heterocycles. The molecule has 0 radical (unpaired) electrons. The molecule has 4 heteroatoms.